The van der Waals surface area contributed by atoms with Crippen LogP contribution in [-0.2, 0) is 13.1 Å². The molecule has 0 radical (unpaired) electrons. The molecule has 2 fully saturated rings. The van der Waals surface area contributed by atoms with Gasteiger partial charge >= 0.3 is 0 Å². The summed E-state index contributed by atoms with van der Waals surface area (Å²) in [6.45, 7) is 6.81. The first-order valence-corrected chi connectivity index (χ1v) is 9.06. The highest BCUT2D eigenvalue weighted by molar-refractivity contribution is 5.06. The second-order valence-corrected chi connectivity index (χ2v) is 7.42. The van der Waals surface area contributed by atoms with Gasteiger partial charge in [-0.25, -0.2) is 0 Å². The van der Waals surface area contributed by atoms with Crippen molar-refractivity contribution in [2.75, 3.05) is 26.2 Å². The van der Waals surface area contributed by atoms with E-state index in [0.29, 0.717) is 5.41 Å². The van der Waals surface area contributed by atoms with Gasteiger partial charge in [0, 0.05) is 38.6 Å². The Kier molecular flexibility index (Phi) is 4.58. The van der Waals surface area contributed by atoms with Crippen LogP contribution < -0.4 is 0 Å². The molecular weight excluding hydrogens is 296 g/mol. The maximum atomic E-state index is 4.50. The van der Waals surface area contributed by atoms with Crippen molar-refractivity contribution in [2.45, 2.75) is 32.4 Å². The molecule has 4 heteroatoms. The summed E-state index contributed by atoms with van der Waals surface area (Å²) in [5, 5.41) is 0. The minimum absolute atomic E-state index is 0.474. The predicted octanol–water partition coefficient (Wildman–Crippen LogP) is 2.96. The van der Waals surface area contributed by atoms with E-state index in [9.17, 15) is 0 Å². The molecule has 0 saturated carbocycles. The zero-order valence-electron chi connectivity index (χ0n) is 14.3. The Hall–Kier alpha value is -1.78. The molecule has 0 aliphatic carbocycles. The third-order valence-corrected chi connectivity index (χ3v) is 5.48. The summed E-state index contributed by atoms with van der Waals surface area (Å²) in [5.74, 6) is 0. The average Bonchev–Trinajstić information content (AvgIpc) is 2.98. The fraction of sp³-hybridized carbons (Fsp3) is 0.500. The molecule has 126 valence electrons. The van der Waals surface area contributed by atoms with Gasteiger partial charge in [-0.2, -0.15) is 0 Å². The SMILES string of the molecule is c1ccc(CN2CCC[C@@]3(CCN(Cc4ccccn4)C3)C2)nc1. The van der Waals surface area contributed by atoms with E-state index < -0.39 is 0 Å². The number of hydrogen-bond donors (Lipinski definition) is 0. The van der Waals surface area contributed by atoms with Crippen LogP contribution in [0.4, 0.5) is 0 Å². The Morgan fingerprint density at radius 3 is 2.00 bits per heavy atom. The minimum atomic E-state index is 0.474. The van der Waals surface area contributed by atoms with Gasteiger partial charge in [0.15, 0.2) is 0 Å². The van der Waals surface area contributed by atoms with Crippen molar-refractivity contribution in [2.24, 2.45) is 5.41 Å². The average molecular weight is 322 g/mol. The van der Waals surface area contributed by atoms with E-state index in [2.05, 4.69) is 44.0 Å². The molecule has 2 aliphatic rings. The highest BCUT2D eigenvalue weighted by Gasteiger charge is 2.41. The minimum Gasteiger partial charge on any atom is -0.297 e. The summed E-state index contributed by atoms with van der Waals surface area (Å²) in [7, 11) is 0. The number of likely N-dealkylation sites (tertiary alicyclic amines) is 2. The quantitative estimate of drug-likeness (QED) is 0.866. The van der Waals surface area contributed by atoms with E-state index in [1.807, 2.05) is 24.5 Å². The molecule has 2 saturated heterocycles. The normalized spacial score (nSPS) is 25.3. The summed E-state index contributed by atoms with van der Waals surface area (Å²) in [6.07, 6.45) is 7.79. The molecule has 24 heavy (non-hydrogen) atoms. The molecule has 4 heterocycles. The first-order valence-electron chi connectivity index (χ1n) is 9.06. The first kappa shape index (κ1) is 15.7. The van der Waals surface area contributed by atoms with E-state index >= 15 is 0 Å². The van der Waals surface area contributed by atoms with Gasteiger partial charge in [0.05, 0.1) is 11.4 Å². The van der Waals surface area contributed by atoms with Crippen LogP contribution >= 0.6 is 0 Å². The van der Waals surface area contributed by atoms with Gasteiger partial charge in [-0.1, -0.05) is 12.1 Å². The molecule has 0 aromatic carbocycles. The number of nitrogens with zero attached hydrogens (tertiary/aromatic N) is 4. The topological polar surface area (TPSA) is 32.3 Å². The Bertz CT molecular complexity index is 645. The smallest absolute Gasteiger partial charge is 0.0543 e. The standard InChI is InChI=1S/C20H26N4/c1-3-10-21-18(6-1)14-23-12-5-8-20(16-23)9-13-24(17-20)15-19-7-2-4-11-22-19/h1-4,6-7,10-11H,5,8-9,12-17H2/t20-/m1/s1. The maximum Gasteiger partial charge on any atom is 0.0543 e. The van der Waals surface area contributed by atoms with E-state index in [4.69, 9.17) is 0 Å². The maximum absolute atomic E-state index is 4.50. The third-order valence-electron chi connectivity index (χ3n) is 5.48. The molecule has 1 atom stereocenters. The zero-order valence-corrected chi connectivity index (χ0v) is 14.3. The molecular formula is C20H26N4. The Morgan fingerprint density at radius 2 is 1.42 bits per heavy atom. The lowest BCUT2D eigenvalue weighted by molar-refractivity contribution is 0.0856. The van der Waals surface area contributed by atoms with E-state index in [1.54, 1.807) is 0 Å². The monoisotopic (exact) mass is 322 g/mol. The second kappa shape index (κ2) is 6.99. The largest absolute Gasteiger partial charge is 0.297 e. The molecule has 2 aromatic rings. The van der Waals surface area contributed by atoms with Crippen molar-refractivity contribution in [3.63, 3.8) is 0 Å². The van der Waals surface area contributed by atoms with Gasteiger partial charge in [-0.05, 0) is 62.0 Å². The summed E-state index contributed by atoms with van der Waals surface area (Å²) >= 11 is 0. The lowest BCUT2D eigenvalue weighted by Crippen LogP contribution is -2.44. The fourth-order valence-electron chi connectivity index (χ4n) is 4.38. The predicted molar refractivity (Wildman–Crippen MR) is 95.3 cm³/mol. The van der Waals surface area contributed by atoms with Crippen LogP contribution in [-0.4, -0.2) is 45.9 Å². The molecule has 4 nitrogen and oxygen atoms in total. The molecule has 0 unspecified atom stereocenters. The third kappa shape index (κ3) is 3.65. The van der Waals surface area contributed by atoms with Crippen LogP contribution in [0.15, 0.2) is 48.8 Å². The number of hydrogen-bond acceptors (Lipinski definition) is 4. The first-order chi connectivity index (χ1) is 11.8. The second-order valence-electron chi connectivity index (χ2n) is 7.42. The lowest BCUT2D eigenvalue weighted by Gasteiger charge is -2.40. The van der Waals surface area contributed by atoms with Crippen molar-refractivity contribution in [1.82, 2.24) is 19.8 Å². The summed E-state index contributed by atoms with van der Waals surface area (Å²) in [6, 6.07) is 12.4. The number of piperidine rings is 1. The molecule has 0 bridgehead atoms. The van der Waals surface area contributed by atoms with E-state index in [0.717, 1.165) is 13.1 Å². The Balaban J connectivity index is 1.37. The fourth-order valence-corrected chi connectivity index (χ4v) is 4.38. The van der Waals surface area contributed by atoms with E-state index in [1.165, 1.54) is 56.8 Å². The van der Waals surface area contributed by atoms with Crippen LogP contribution in [0.3, 0.4) is 0 Å². The van der Waals surface area contributed by atoms with Crippen molar-refractivity contribution in [1.29, 1.82) is 0 Å². The van der Waals surface area contributed by atoms with Crippen molar-refractivity contribution < 1.29 is 0 Å². The van der Waals surface area contributed by atoms with Crippen molar-refractivity contribution in [3.8, 4) is 0 Å². The van der Waals surface area contributed by atoms with Crippen LogP contribution in [0, 0.1) is 5.41 Å². The Morgan fingerprint density at radius 1 is 0.792 bits per heavy atom. The van der Waals surface area contributed by atoms with Crippen LogP contribution in [0.25, 0.3) is 0 Å². The zero-order chi connectivity index (χ0) is 16.2. The molecule has 2 aromatic heterocycles. The molecule has 1 spiro atoms. The van der Waals surface area contributed by atoms with Crippen molar-refractivity contribution >= 4 is 0 Å². The number of aromatic nitrogens is 2. The highest BCUT2D eigenvalue weighted by atomic mass is 15.2. The molecule has 0 amide bonds. The molecule has 4 rings (SSSR count). The van der Waals surface area contributed by atoms with Crippen LogP contribution in [0.5, 0.6) is 0 Å². The van der Waals surface area contributed by atoms with E-state index in [-0.39, 0.29) is 0 Å². The molecule has 0 N–H and O–H groups in total. The van der Waals surface area contributed by atoms with Crippen LogP contribution in [0.1, 0.15) is 30.7 Å². The van der Waals surface area contributed by atoms with Crippen molar-refractivity contribution in [3.05, 3.63) is 60.2 Å². The van der Waals surface area contributed by atoms with Gasteiger partial charge < -0.3 is 0 Å². The number of pyridine rings is 2. The summed E-state index contributed by atoms with van der Waals surface area (Å²) in [4.78, 5) is 14.2. The lowest BCUT2D eigenvalue weighted by atomic mass is 9.79. The number of rotatable bonds is 4. The summed E-state index contributed by atoms with van der Waals surface area (Å²) < 4.78 is 0. The molecule has 2 aliphatic heterocycles. The van der Waals surface area contributed by atoms with Gasteiger partial charge in [-0.15, -0.1) is 0 Å². The summed E-state index contributed by atoms with van der Waals surface area (Å²) in [5.41, 5.74) is 2.86. The van der Waals surface area contributed by atoms with Gasteiger partial charge in [0.2, 0.25) is 0 Å². The van der Waals surface area contributed by atoms with Gasteiger partial charge in [-0.3, -0.25) is 19.8 Å². The van der Waals surface area contributed by atoms with Gasteiger partial charge in [0.1, 0.15) is 0 Å². The Labute approximate surface area is 144 Å². The highest BCUT2D eigenvalue weighted by Crippen LogP contribution is 2.39. The van der Waals surface area contributed by atoms with Crippen LogP contribution in [0.2, 0.25) is 0 Å². The van der Waals surface area contributed by atoms with Gasteiger partial charge in [0.25, 0.3) is 0 Å².